The van der Waals surface area contributed by atoms with E-state index in [4.69, 9.17) is 4.84 Å². The Labute approximate surface area is 111 Å². The number of hydrogen-bond acceptors (Lipinski definition) is 5. The maximum absolute atomic E-state index is 10.8. The third-order valence-corrected chi connectivity index (χ3v) is 5.44. The summed E-state index contributed by atoms with van der Waals surface area (Å²) in [5.74, 6) is 0. The van der Waals surface area contributed by atoms with Crippen LogP contribution in [0, 0.1) is 26.4 Å². The molecule has 0 aromatic carbocycles. The lowest BCUT2D eigenvalue weighted by Gasteiger charge is -2.68. The average molecular weight is 271 g/mol. The highest BCUT2D eigenvalue weighted by Gasteiger charge is 2.68. The van der Waals surface area contributed by atoms with Crippen molar-refractivity contribution >= 4 is 0 Å². The van der Waals surface area contributed by atoms with Gasteiger partial charge in [-0.3, -0.25) is 0 Å². The van der Waals surface area contributed by atoms with E-state index in [1.807, 2.05) is 0 Å². The second kappa shape index (κ2) is 3.61. The predicted octanol–water partition coefficient (Wildman–Crippen LogP) is 1.28. The first-order valence-electron chi connectivity index (χ1n) is 6.83. The molecule has 4 saturated carbocycles. The quantitative estimate of drug-likeness (QED) is 0.593. The molecule has 0 aliphatic heterocycles. The SMILES string of the molecule is CC12CC3(CO)CC(CO)(C1)CC(O[N+](=O)[O-])(C2)C3. The summed E-state index contributed by atoms with van der Waals surface area (Å²) in [7, 11) is 0. The van der Waals surface area contributed by atoms with Crippen LogP contribution in [0.15, 0.2) is 0 Å². The zero-order chi connectivity index (χ0) is 13.9. The van der Waals surface area contributed by atoms with E-state index >= 15 is 0 Å². The molecule has 2 atom stereocenters. The fourth-order valence-corrected chi connectivity index (χ4v) is 6.09. The first-order valence-corrected chi connectivity index (χ1v) is 6.83. The summed E-state index contributed by atoms with van der Waals surface area (Å²) < 4.78 is 0. The molecule has 4 aliphatic carbocycles. The van der Waals surface area contributed by atoms with Gasteiger partial charge in [-0.05, 0) is 54.8 Å². The van der Waals surface area contributed by atoms with Crippen LogP contribution in [-0.4, -0.2) is 34.1 Å². The van der Waals surface area contributed by atoms with E-state index in [9.17, 15) is 20.3 Å². The number of hydrogen-bond donors (Lipinski definition) is 2. The van der Waals surface area contributed by atoms with Gasteiger partial charge in [0.25, 0.3) is 5.09 Å². The summed E-state index contributed by atoms with van der Waals surface area (Å²) in [6.07, 6.45) is 4.24. The Morgan fingerprint density at radius 1 is 1.05 bits per heavy atom. The van der Waals surface area contributed by atoms with Crippen LogP contribution in [0.25, 0.3) is 0 Å². The van der Waals surface area contributed by atoms with Gasteiger partial charge >= 0.3 is 0 Å². The average Bonchev–Trinajstić information content (AvgIpc) is 2.24. The minimum absolute atomic E-state index is 0.0210. The van der Waals surface area contributed by atoms with Crippen LogP contribution in [0.4, 0.5) is 0 Å². The van der Waals surface area contributed by atoms with Crippen LogP contribution < -0.4 is 0 Å². The predicted molar refractivity (Wildman–Crippen MR) is 65.7 cm³/mol. The van der Waals surface area contributed by atoms with Crippen LogP contribution in [0.1, 0.15) is 45.4 Å². The molecule has 0 aromatic heterocycles. The van der Waals surface area contributed by atoms with Gasteiger partial charge in [-0.1, -0.05) is 6.92 Å². The summed E-state index contributed by atoms with van der Waals surface area (Å²) in [6.45, 7) is 2.15. The van der Waals surface area contributed by atoms with Crippen molar-refractivity contribution in [2.45, 2.75) is 51.0 Å². The fourth-order valence-electron chi connectivity index (χ4n) is 6.09. The summed E-state index contributed by atoms with van der Waals surface area (Å²) in [5.41, 5.74) is -1.51. The number of aliphatic hydroxyl groups is 2. The van der Waals surface area contributed by atoms with Crippen LogP contribution in [0.2, 0.25) is 0 Å². The Kier molecular flexibility index (Phi) is 2.49. The second-order valence-electron chi connectivity index (χ2n) is 7.69. The smallest absolute Gasteiger partial charge is 0.295 e. The van der Waals surface area contributed by atoms with Crippen LogP contribution >= 0.6 is 0 Å². The van der Waals surface area contributed by atoms with Crippen molar-refractivity contribution in [3.05, 3.63) is 10.1 Å². The molecule has 4 aliphatic rings. The Morgan fingerprint density at radius 2 is 1.58 bits per heavy atom. The summed E-state index contributed by atoms with van der Waals surface area (Å²) >= 11 is 0. The number of rotatable bonds is 4. The summed E-state index contributed by atoms with van der Waals surface area (Å²) in [6, 6.07) is 0. The monoisotopic (exact) mass is 271 g/mol. The van der Waals surface area contributed by atoms with Crippen LogP contribution in [0.5, 0.6) is 0 Å². The van der Waals surface area contributed by atoms with Crippen molar-refractivity contribution in [2.75, 3.05) is 13.2 Å². The van der Waals surface area contributed by atoms with Gasteiger partial charge in [0.15, 0.2) is 0 Å². The van der Waals surface area contributed by atoms with E-state index in [0.29, 0.717) is 19.3 Å². The first-order chi connectivity index (χ1) is 8.78. The molecule has 4 bridgehead atoms. The molecule has 2 N–H and O–H groups in total. The van der Waals surface area contributed by atoms with Crippen molar-refractivity contribution in [2.24, 2.45) is 16.2 Å². The Balaban J connectivity index is 2.03. The lowest BCUT2D eigenvalue weighted by Crippen LogP contribution is -2.66. The largest absolute Gasteiger partial charge is 0.396 e. The number of aliphatic hydroxyl groups excluding tert-OH is 2. The van der Waals surface area contributed by atoms with E-state index in [1.54, 1.807) is 0 Å². The third kappa shape index (κ3) is 1.84. The van der Waals surface area contributed by atoms with Gasteiger partial charge < -0.3 is 15.1 Å². The van der Waals surface area contributed by atoms with Crippen molar-refractivity contribution in [1.82, 2.24) is 0 Å². The molecule has 0 radical (unpaired) electrons. The Bertz CT molecular complexity index is 403. The summed E-state index contributed by atoms with van der Waals surface area (Å²) in [4.78, 5) is 15.9. The highest BCUT2D eigenvalue weighted by molar-refractivity contribution is 5.17. The zero-order valence-corrected chi connectivity index (χ0v) is 11.2. The summed E-state index contributed by atoms with van der Waals surface area (Å²) in [5, 5.41) is 29.7. The zero-order valence-electron chi connectivity index (χ0n) is 11.2. The molecule has 0 heterocycles. The highest BCUT2D eigenvalue weighted by Crippen LogP contribution is 2.71. The molecule has 108 valence electrons. The lowest BCUT2D eigenvalue weighted by molar-refractivity contribution is -0.787. The molecule has 0 saturated heterocycles. The van der Waals surface area contributed by atoms with Gasteiger partial charge in [-0.2, -0.15) is 0 Å². The standard InChI is InChI=1S/C13H21NO5/c1-10-2-11(8-15)5-12(3-10,9-16)7-13(4-10,6-11)19-14(17)18/h15-16H,2-9H2,1H3. The van der Waals surface area contributed by atoms with Gasteiger partial charge in [0, 0.05) is 13.2 Å². The van der Waals surface area contributed by atoms with Crippen molar-refractivity contribution in [3.63, 3.8) is 0 Å². The van der Waals surface area contributed by atoms with Gasteiger partial charge in [0.1, 0.15) is 5.60 Å². The molecule has 19 heavy (non-hydrogen) atoms. The normalized spacial score (nSPS) is 51.3. The van der Waals surface area contributed by atoms with E-state index in [0.717, 1.165) is 19.3 Å². The number of nitrogens with zero attached hydrogens (tertiary/aromatic N) is 1. The molecule has 0 spiro atoms. The minimum atomic E-state index is -0.807. The van der Waals surface area contributed by atoms with E-state index in [-0.39, 0.29) is 29.5 Å². The molecule has 0 amide bonds. The third-order valence-electron chi connectivity index (χ3n) is 5.44. The fraction of sp³-hybridized carbons (Fsp3) is 1.00. The maximum Gasteiger partial charge on any atom is 0.295 e. The van der Waals surface area contributed by atoms with Crippen molar-refractivity contribution in [1.29, 1.82) is 0 Å². The van der Waals surface area contributed by atoms with E-state index in [2.05, 4.69) is 6.92 Å². The molecule has 6 heteroatoms. The molecule has 0 aromatic rings. The molecule has 4 rings (SSSR count). The van der Waals surface area contributed by atoms with Gasteiger partial charge in [-0.15, -0.1) is 10.1 Å². The van der Waals surface area contributed by atoms with Crippen molar-refractivity contribution < 1.29 is 20.1 Å². The maximum atomic E-state index is 10.8. The van der Waals surface area contributed by atoms with E-state index in [1.165, 1.54) is 0 Å². The van der Waals surface area contributed by atoms with Gasteiger partial charge in [0.05, 0.1) is 0 Å². The van der Waals surface area contributed by atoms with Crippen LogP contribution in [-0.2, 0) is 4.84 Å². The second-order valence-corrected chi connectivity index (χ2v) is 7.69. The Hall–Kier alpha value is -0.880. The van der Waals surface area contributed by atoms with E-state index < -0.39 is 10.7 Å². The molecule has 6 nitrogen and oxygen atoms in total. The molecular formula is C13H21NO5. The van der Waals surface area contributed by atoms with Crippen LogP contribution in [0.3, 0.4) is 0 Å². The van der Waals surface area contributed by atoms with Crippen molar-refractivity contribution in [3.8, 4) is 0 Å². The Morgan fingerprint density at radius 3 is 2.00 bits per heavy atom. The highest BCUT2D eigenvalue weighted by atomic mass is 17.0. The topological polar surface area (TPSA) is 92.8 Å². The first kappa shape index (κ1) is 13.1. The molecule has 4 fully saturated rings. The van der Waals surface area contributed by atoms with Gasteiger partial charge in [0.2, 0.25) is 0 Å². The molecular weight excluding hydrogens is 250 g/mol. The minimum Gasteiger partial charge on any atom is -0.396 e. The molecule has 2 unspecified atom stereocenters. The van der Waals surface area contributed by atoms with Gasteiger partial charge in [-0.25, -0.2) is 0 Å². The lowest BCUT2D eigenvalue weighted by atomic mass is 9.39.